The van der Waals surface area contributed by atoms with Crippen molar-refractivity contribution in [1.29, 1.82) is 0 Å². The molecule has 0 radical (unpaired) electrons. The Morgan fingerprint density at radius 2 is 2.43 bits per heavy atom. The molecule has 0 bridgehead atoms. The molecule has 21 heavy (non-hydrogen) atoms. The summed E-state index contributed by atoms with van der Waals surface area (Å²) >= 11 is 0. The Morgan fingerprint density at radius 1 is 1.62 bits per heavy atom. The summed E-state index contributed by atoms with van der Waals surface area (Å²) < 4.78 is 7.47. The van der Waals surface area contributed by atoms with Crippen molar-refractivity contribution < 1.29 is 9.53 Å². The van der Waals surface area contributed by atoms with Crippen LogP contribution in [0.1, 0.15) is 31.0 Å². The summed E-state index contributed by atoms with van der Waals surface area (Å²) in [6.45, 7) is 7.59. The second kappa shape index (κ2) is 7.56. The first-order chi connectivity index (χ1) is 10.1. The van der Waals surface area contributed by atoms with Crippen LogP contribution < -0.4 is 5.32 Å². The van der Waals surface area contributed by atoms with E-state index >= 15 is 0 Å². The fourth-order valence-corrected chi connectivity index (χ4v) is 2.64. The van der Waals surface area contributed by atoms with Gasteiger partial charge in [-0.1, -0.05) is 0 Å². The van der Waals surface area contributed by atoms with E-state index in [0.717, 1.165) is 32.5 Å². The van der Waals surface area contributed by atoms with Crippen molar-refractivity contribution in [1.82, 2.24) is 20.0 Å². The summed E-state index contributed by atoms with van der Waals surface area (Å²) in [6.07, 6.45) is 4.23. The quantitative estimate of drug-likeness (QED) is 0.813. The Hall–Kier alpha value is -1.40. The summed E-state index contributed by atoms with van der Waals surface area (Å²) in [6, 6.07) is 0. The van der Waals surface area contributed by atoms with Crippen molar-refractivity contribution in [2.75, 3.05) is 26.7 Å². The highest BCUT2D eigenvalue weighted by atomic mass is 16.5. The molecule has 0 spiro atoms. The van der Waals surface area contributed by atoms with Gasteiger partial charge in [0.1, 0.15) is 0 Å². The summed E-state index contributed by atoms with van der Waals surface area (Å²) in [5.41, 5.74) is 2.34. The molecule has 0 aromatic carbocycles. The molecule has 118 valence electrons. The fourth-order valence-electron chi connectivity index (χ4n) is 2.64. The molecule has 1 atom stereocenters. The van der Waals surface area contributed by atoms with E-state index in [9.17, 15) is 4.79 Å². The van der Waals surface area contributed by atoms with E-state index in [1.54, 1.807) is 0 Å². The number of nitrogens with zero attached hydrogens (tertiary/aromatic N) is 3. The lowest BCUT2D eigenvalue weighted by molar-refractivity contribution is -0.122. The molecule has 2 rings (SSSR count). The third-order valence-electron chi connectivity index (χ3n) is 3.91. The minimum absolute atomic E-state index is 0.0496. The molecule has 0 unspecified atom stereocenters. The van der Waals surface area contributed by atoms with Crippen molar-refractivity contribution in [3.05, 3.63) is 17.5 Å². The maximum atomic E-state index is 11.9. The van der Waals surface area contributed by atoms with Gasteiger partial charge in [-0.15, -0.1) is 0 Å². The van der Waals surface area contributed by atoms with E-state index in [-0.39, 0.29) is 12.0 Å². The van der Waals surface area contributed by atoms with Crippen molar-refractivity contribution >= 4 is 5.91 Å². The van der Waals surface area contributed by atoms with E-state index in [1.807, 2.05) is 22.8 Å². The van der Waals surface area contributed by atoms with Gasteiger partial charge in [0, 0.05) is 37.5 Å². The number of aromatic nitrogens is 2. The molecule has 1 aliphatic rings. The third-order valence-corrected chi connectivity index (χ3v) is 3.91. The molecule has 1 fully saturated rings. The van der Waals surface area contributed by atoms with Gasteiger partial charge in [0.2, 0.25) is 5.91 Å². The second-order valence-electron chi connectivity index (χ2n) is 5.68. The van der Waals surface area contributed by atoms with Crippen molar-refractivity contribution in [2.24, 2.45) is 0 Å². The molecular formula is C15H26N4O2. The van der Waals surface area contributed by atoms with Gasteiger partial charge in [0.15, 0.2) is 0 Å². The van der Waals surface area contributed by atoms with Crippen molar-refractivity contribution in [3.8, 4) is 0 Å². The Morgan fingerprint density at radius 3 is 3.05 bits per heavy atom. The first-order valence-electron chi connectivity index (χ1n) is 7.68. The predicted octanol–water partition coefficient (Wildman–Crippen LogP) is 0.938. The first-order valence-corrected chi connectivity index (χ1v) is 7.68. The lowest BCUT2D eigenvalue weighted by Gasteiger charge is -2.17. The zero-order chi connectivity index (χ0) is 15.2. The zero-order valence-corrected chi connectivity index (χ0v) is 13.3. The molecule has 1 aromatic rings. The standard InChI is InChI=1S/C15H26N4O2/c1-4-19-12(2)13(8-17-19)10-18(3)11-15(20)16-9-14-6-5-7-21-14/h8,14H,4-7,9-11H2,1-3H3,(H,16,20)/t14-/m0/s1. The smallest absolute Gasteiger partial charge is 0.234 e. The summed E-state index contributed by atoms with van der Waals surface area (Å²) in [7, 11) is 1.95. The van der Waals surface area contributed by atoms with E-state index in [0.29, 0.717) is 13.1 Å². The summed E-state index contributed by atoms with van der Waals surface area (Å²) in [5.74, 6) is 0.0496. The van der Waals surface area contributed by atoms with Crippen LogP contribution in [0, 0.1) is 6.92 Å². The molecule has 1 aliphatic heterocycles. The van der Waals surface area contributed by atoms with Gasteiger partial charge < -0.3 is 10.1 Å². The normalized spacial score (nSPS) is 18.4. The predicted molar refractivity (Wildman–Crippen MR) is 81.0 cm³/mol. The molecule has 1 saturated heterocycles. The van der Waals surface area contributed by atoms with E-state index in [1.165, 1.54) is 11.3 Å². The molecule has 1 N–H and O–H groups in total. The number of hydrogen-bond acceptors (Lipinski definition) is 4. The van der Waals surface area contributed by atoms with Crippen LogP contribution in [-0.2, 0) is 22.6 Å². The van der Waals surface area contributed by atoms with Crippen LogP contribution in [0.3, 0.4) is 0 Å². The number of carbonyl (C=O) groups is 1. The molecule has 1 amide bonds. The maximum Gasteiger partial charge on any atom is 0.234 e. The average Bonchev–Trinajstić information content (AvgIpc) is 3.07. The summed E-state index contributed by atoms with van der Waals surface area (Å²) in [4.78, 5) is 13.9. The number of amides is 1. The average molecular weight is 294 g/mol. The second-order valence-corrected chi connectivity index (χ2v) is 5.68. The van der Waals surface area contributed by atoms with Gasteiger partial charge in [0.25, 0.3) is 0 Å². The molecule has 1 aromatic heterocycles. The highest BCUT2D eigenvalue weighted by Gasteiger charge is 2.17. The van der Waals surface area contributed by atoms with Crippen LogP contribution >= 0.6 is 0 Å². The van der Waals surface area contributed by atoms with Gasteiger partial charge in [-0.25, -0.2) is 0 Å². The number of aryl methyl sites for hydroxylation is 1. The van der Waals surface area contributed by atoms with Crippen molar-refractivity contribution in [2.45, 2.75) is 45.9 Å². The minimum Gasteiger partial charge on any atom is -0.376 e. The number of likely N-dealkylation sites (N-methyl/N-ethyl adjacent to an activating group) is 1. The summed E-state index contributed by atoms with van der Waals surface area (Å²) in [5, 5.41) is 7.27. The molecule has 6 nitrogen and oxygen atoms in total. The number of rotatable bonds is 7. The Bertz CT molecular complexity index is 466. The van der Waals surface area contributed by atoms with Crippen LogP contribution in [-0.4, -0.2) is 53.4 Å². The molecule has 0 saturated carbocycles. The highest BCUT2D eigenvalue weighted by Crippen LogP contribution is 2.11. The molecular weight excluding hydrogens is 268 g/mol. The SMILES string of the molecule is CCn1ncc(CN(C)CC(=O)NC[C@@H]2CCCO2)c1C. The van der Waals surface area contributed by atoms with E-state index in [4.69, 9.17) is 4.74 Å². The topological polar surface area (TPSA) is 59.4 Å². The minimum atomic E-state index is 0.0496. The van der Waals surface area contributed by atoms with Gasteiger partial charge in [-0.3, -0.25) is 14.4 Å². The Kier molecular flexibility index (Phi) is 5.76. The first kappa shape index (κ1) is 16.0. The third kappa shape index (κ3) is 4.54. The molecule has 2 heterocycles. The van der Waals surface area contributed by atoms with E-state index in [2.05, 4.69) is 24.3 Å². The monoisotopic (exact) mass is 294 g/mol. The zero-order valence-electron chi connectivity index (χ0n) is 13.3. The Labute approximate surface area is 126 Å². The molecule has 6 heteroatoms. The maximum absolute atomic E-state index is 11.9. The molecule has 0 aliphatic carbocycles. The van der Waals surface area contributed by atoms with Crippen LogP contribution in [0.25, 0.3) is 0 Å². The van der Waals surface area contributed by atoms with Crippen LogP contribution in [0.15, 0.2) is 6.20 Å². The lowest BCUT2D eigenvalue weighted by atomic mass is 10.2. The fraction of sp³-hybridized carbons (Fsp3) is 0.733. The van der Waals surface area contributed by atoms with Gasteiger partial charge in [-0.05, 0) is 33.7 Å². The number of hydrogen-bond donors (Lipinski definition) is 1. The number of ether oxygens (including phenoxy) is 1. The van der Waals surface area contributed by atoms with Gasteiger partial charge >= 0.3 is 0 Å². The van der Waals surface area contributed by atoms with E-state index < -0.39 is 0 Å². The van der Waals surface area contributed by atoms with Crippen molar-refractivity contribution in [3.63, 3.8) is 0 Å². The van der Waals surface area contributed by atoms with Crippen LogP contribution in [0.4, 0.5) is 0 Å². The largest absolute Gasteiger partial charge is 0.376 e. The highest BCUT2D eigenvalue weighted by molar-refractivity contribution is 5.78. The number of nitrogens with one attached hydrogen (secondary N) is 1. The van der Waals surface area contributed by atoms with Crippen LogP contribution in [0.2, 0.25) is 0 Å². The van der Waals surface area contributed by atoms with Crippen LogP contribution in [0.5, 0.6) is 0 Å². The number of carbonyl (C=O) groups excluding carboxylic acids is 1. The Balaban J connectivity index is 1.73. The lowest BCUT2D eigenvalue weighted by Crippen LogP contribution is -2.38. The van der Waals surface area contributed by atoms with Gasteiger partial charge in [0.05, 0.1) is 18.8 Å². The van der Waals surface area contributed by atoms with Gasteiger partial charge in [-0.2, -0.15) is 5.10 Å².